The van der Waals surface area contributed by atoms with Gasteiger partial charge in [-0.15, -0.1) is 0 Å². The van der Waals surface area contributed by atoms with Crippen molar-refractivity contribution in [1.82, 2.24) is 5.32 Å². The lowest BCUT2D eigenvalue weighted by Crippen LogP contribution is -2.16. The first-order chi connectivity index (χ1) is 2.89. The molecular formula is C3H4BrN2. The maximum atomic E-state index is 3.76. The second kappa shape index (κ2) is 1.71. The lowest BCUT2D eigenvalue weighted by Gasteiger charge is -1.88. The molecule has 1 radical (unpaired) electrons. The monoisotopic (exact) mass is 147 g/mol. The van der Waals surface area contributed by atoms with Crippen LogP contribution in [-0.4, -0.2) is 17.8 Å². The third kappa shape index (κ3) is 0.786. The van der Waals surface area contributed by atoms with Gasteiger partial charge in [0.2, 0.25) is 0 Å². The molecule has 0 spiro atoms. The summed E-state index contributed by atoms with van der Waals surface area (Å²) in [6.07, 6.45) is 2.75. The first-order valence-electron chi connectivity index (χ1n) is 1.69. The van der Waals surface area contributed by atoms with Crippen molar-refractivity contribution in [2.75, 3.05) is 6.67 Å². The predicted octanol–water partition coefficient (Wildman–Crippen LogP) is 0.216. The van der Waals surface area contributed by atoms with Gasteiger partial charge in [-0.25, -0.2) is 0 Å². The average Bonchev–Trinajstić information content (AvgIpc) is 1.86. The summed E-state index contributed by atoms with van der Waals surface area (Å²) in [6.45, 7) is 0.704. The molecule has 1 aliphatic rings. The Balaban J connectivity index is 2.38. The molecular weight excluding hydrogens is 144 g/mol. The molecule has 1 heterocycles. The fraction of sp³-hybridized carbons (Fsp3) is 0.667. The minimum atomic E-state index is 0.192. The summed E-state index contributed by atoms with van der Waals surface area (Å²) in [5.41, 5.74) is 0. The highest BCUT2D eigenvalue weighted by molar-refractivity contribution is 9.09. The van der Waals surface area contributed by atoms with Crippen LogP contribution >= 0.6 is 15.9 Å². The van der Waals surface area contributed by atoms with E-state index in [1.807, 2.05) is 0 Å². The standard InChI is InChI=1S/C3H4BrN2/c4-3-1-5-2-6-3/h3,6H,2H2. The van der Waals surface area contributed by atoms with Crippen LogP contribution in [-0.2, 0) is 0 Å². The molecule has 0 aromatic carbocycles. The number of hydrogen-bond acceptors (Lipinski definition) is 2. The highest BCUT2D eigenvalue weighted by atomic mass is 79.9. The highest BCUT2D eigenvalue weighted by Crippen LogP contribution is 1.93. The number of halogens is 1. The molecule has 3 heteroatoms. The maximum Gasteiger partial charge on any atom is 0.109 e. The summed E-state index contributed by atoms with van der Waals surface area (Å²) in [5.74, 6) is 0. The smallest absolute Gasteiger partial charge is 0.109 e. The Morgan fingerprint density at radius 3 is 3.00 bits per heavy atom. The van der Waals surface area contributed by atoms with Crippen LogP contribution < -0.4 is 5.32 Å². The molecule has 1 aliphatic heterocycles. The molecule has 0 aromatic rings. The van der Waals surface area contributed by atoms with Gasteiger partial charge in [0.1, 0.15) is 4.95 Å². The van der Waals surface area contributed by atoms with Gasteiger partial charge in [0, 0.05) is 0 Å². The average molecular weight is 148 g/mol. The van der Waals surface area contributed by atoms with Crippen molar-refractivity contribution in [3.8, 4) is 0 Å². The molecule has 0 saturated carbocycles. The van der Waals surface area contributed by atoms with Gasteiger partial charge in [-0.2, -0.15) is 0 Å². The van der Waals surface area contributed by atoms with E-state index in [0.717, 1.165) is 0 Å². The van der Waals surface area contributed by atoms with Crippen LogP contribution in [0.15, 0.2) is 4.99 Å². The first kappa shape index (κ1) is 4.27. The largest absolute Gasteiger partial charge is 0.281 e. The Labute approximate surface area is 44.8 Å². The van der Waals surface area contributed by atoms with Crippen LogP contribution in [0.1, 0.15) is 0 Å². The molecule has 0 fully saturated rings. The summed E-state index contributed by atoms with van der Waals surface area (Å²) < 4.78 is 0. The minimum Gasteiger partial charge on any atom is -0.281 e. The van der Waals surface area contributed by atoms with Gasteiger partial charge >= 0.3 is 0 Å². The SMILES string of the molecule is BrC1[C]=NCN1. The number of rotatable bonds is 0. The van der Waals surface area contributed by atoms with Crippen molar-refractivity contribution in [1.29, 1.82) is 0 Å². The Morgan fingerprint density at radius 1 is 2.00 bits per heavy atom. The van der Waals surface area contributed by atoms with Gasteiger partial charge < -0.3 is 0 Å². The van der Waals surface area contributed by atoms with Crippen molar-refractivity contribution in [2.45, 2.75) is 4.95 Å². The fourth-order valence-electron chi connectivity index (χ4n) is 0.297. The molecule has 1 rings (SSSR count). The zero-order chi connectivity index (χ0) is 4.41. The first-order valence-corrected chi connectivity index (χ1v) is 2.60. The van der Waals surface area contributed by atoms with E-state index in [-0.39, 0.29) is 4.95 Å². The Hall–Kier alpha value is 0.110. The normalized spacial score (nSPS) is 31.8. The second-order valence-corrected chi connectivity index (χ2v) is 1.93. The van der Waals surface area contributed by atoms with Crippen LogP contribution in [0.3, 0.4) is 0 Å². The Morgan fingerprint density at radius 2 is 2.83 bits per heavy atom. The maximum absolute atomic E-state index is 3.76. The van der Waals surface area contributed by atoms with Gasteiger partial charge in [-0.1, -0.05) is 15.9 Å². The van der Waals surface area contributed by atoms with Gasteiger partial charge in [-0.05, 0) is 0 Å². The Bertz CT molecular complexity index is 71.2. The molecule has 2 nitrogen and oxygen atoms in total. The lowest BCUT2D eigenvalue weighted by atomic mass is 10.8. The molecule has 6 heavy (non-hydrogen) atoms. The topological polar surface area (TPSA) is 24.4 Å². The molecule has 1 atom stereocenters. The minimum absolute atomic E-state index is 0.192. The van der Waals surface area contributed by atoms with Gasteiger partial charge in [0.15, 0.2) is 0 Å². The van der Waals surface area contributed by atoms with Crippen molar-refractivity contribution >= 4 is 22.1 Å². The van der Waals surface area contributed by atoms with Crippen molar-refractivity contribution in [2.24, 2.45) is 4.99 Å². The van der Waals surface area contributed by atoms with Gasteiger partial charge in [-0.3, -0.25) is 10.3 Å². The molecule has 0 saturated heterocycles. The predicted molar refractivity (Wildman–Crippen MR) is 28.2 cm³/mol. The number of hydrogen-bond donors (Lipinski definition) is 1. The molecule has 0 aromatic heterocycles. The molecule has 33 valence electrons. The van der Waals surface area contributed by atoms with E-state index in [4.69, 9.17) is 0 Å². The van der Waals surface area contributed by atoms with E-state index in [9.17, 15) is 0 Å². The van der Waals surface area contributed by atoms with E-state index >= 15 is 0 Å². The summed E-state index contributed by atoms with van der Waals surface area (Å²) in [6, 6.07) is 0. The van der Waals surface area contributed by atoms with E-state index in [1.165, 1.54) is 0 Å². The molecule has 0 amide bonds. The number of aliphatic imine (C=N–C) groups is 1. The zero-order valence-corrected chi connectivity index (χ0v) is 4.70. The van der Waals surface area contributed by atoms with Crippen molar-refractivity contribution < 1.29 is 0 Å². The molecule has 1 unspecified atom stereocenters. The molecule has 0 aliphatic carbocycles. The summed E-state index contributed by atoms with van der Waals surface area (Å²) >= 11 is 3.22. The van der Waals surface area contributed by atoms with E-state index in [0.29, 0.717) is 6.67 Å². The molecule has 1 N–H and O–H groups in total. The van der Waals surface area contributed by atoms with Crippen LogP contribution in [0.25, 0.3) is 0 Å². The van der Waals surface area contributed by atoms with Crippen LogP contribution in [0.5, 0.6) is 0 Å². The fourth-order valence-corrected chi connectivity index (χ4v) is 0.587. The summed E-state index contributed by atoms with van der Waals surface area (Å²) in [7, 11) is 0. The van der Waals surface area contributed by atoms with Crippen LogP contribution in [0, 0.1) is 0 Å². The number of alkyl halides is 1. The molecule has 0 bridgehead atoms. The van der Waals surface area contributed by atoms with Crippen LogP contribution in [0.2, 0.25) is 0 Å². The van der Waals surface area contributed by atoms with Crippen LogP contribution in [0.4, 0.5) is 0 Å². The Kier molecular flexibility index (Phi) is 1.22. The third-order valence-corrected chi connectivity index (χ3v) is 1.08. The third-order valence-electron chi connectivity index (χ3n) is 0.554. The number of nitrogens with one attached hydrogen (secondary N) is 1. The highest BCUT2D eigenvalue weighted by Gasteiger charge is 2.01. The lowest BCUT2D eigenvalue weighted by molar-refractivity contribution is 0.828. The van der Waals surface area contributed by atoms with Gasteiger partial charge in [0.05, 0.1) is 12.9 Å². The van der Waals surface area contributed by atoms with Crippen molar-refractivity contribution in [3.05, 3.63) is 0 Å². The van der Waals surface area contributed by atoms with Crippen molar-refractivity contribution in [3.63, 3.8) is 0 Å². The van der Waals surface area contributed by atoms with Gasteiger partial charge in [0.25, 0.3) is 0 Å². The zero-order valence-electron chi connectivity index (χ0n) is 3.11. The van der Waals surface area contributed by atoms with E-state index < -0.39 is 0 Å². The summed E-state index contributed by atoms with van der Waals surface area (Å²) in [4.78, 5) is 3.95. The quantitative estimate of drug-likeness (QED) is 0.385. The number of nitrogens with zero attached hydrogens (tertiary/aromatic N) is 1. The second-order valence-electron chi connectivity index (χ2n) is 1.01. The van der Waals surface area contributed by atoms with E-state index in [2.05, 4.69) is 32.5 Å². The summed E-state index contributed by atoms with van der Waals surface area (Å²) in [5, 5.41) is 2.96. The van der Waals surface area contributed by atoms with E-state index in [1.54, 1.807) is 0 Å².